The van der Waals surface area contributed by atoms with Gasteiger partial charge in [-0.15, -0.1) is 0 Å². The zero-order chi connectivity index (χ0) is 10.1. The van der Waals surface area contributed by atoms with Crippen molar-refractivity contribution in [3.05, 3.63) is 30.0 Å². The highest BCUT2D eigenvalue weighted by molar-refractivity contribution is 5.86. The third kappa shape index (κ3) is 1.37. The van der Waals surface area contributed by atoms with Gasteiger partial charge >= 0.3 is 0 Å². The Hall–Kier alpha value is -1.44. The predicted molar refractivity (Wildman–Crippen MR) is 58.9 cm³/mol. The second-order valence-corrected chi connectivity index (χ2v) is 3.80. The van der Waals surface area contributed by atoms with Gasteiger partial charge in [0.25, 0.3) is 0 Å². The second-order valence-electron chi connectivity index (χ2n) is 3.80. The van der Waals surface area contributed by atoms with Gasteiger partial charge in [0.15, 0.2) is 0 Å². The molecule has 0 radical (unpaired) electrons. The summed E-state index contributed by atoms with van der Waals surface area (Å²) in [6.07, 6.45) is 0. The van der Waals surface area contributed by atoms with Crippen LogP contribution in [0.1, 0.15) is 25.5 Å². The summed E-state index contributed by atoms with van der Waals surface area (Å²) in [5, 5.41) is 1.17. The molecular formula is C12H15NO. The van der Waals surface area contributed by atoms with Crippen LogP contribution in [0.15, 0.2) is 24.3 Å². The Labute approximate surface area is 83.9 Å². The highest BCUT2D eigenvalue weighted by atomic mass is 16.5. The molecule has 14 heavy (non-hydrogen) atoms. The largest absolute Gasteiger partial charge is 0.496 e. The number of aromatic amines is 1. The number of H-pyrrole nitrogens is 1. The minimum Gasteiger partial charge on any atom is -0.496 e. The molecule has 1 aromatic heterocycles. The van der Waals surface area contributed by atoms with E-state index in [0.717, 1.165) is 11.3 Å². The van der Waals surface area contributed by atoms with Crippen molar-refractivity contribution in [1.82, 2.24) is 4.98 Å². The summed E-state index contributed by atoms with van der Waals surface area (Å²) in [5.41, 5.74) is 2.40. The molecule has 1 aromatic carbocycles. The molecule has 1 heterocycles. The molecule has 0 aliphatic heterocycles. The van der Waals surface area contributed by atoms with Crippen molar-refractivity contribution in [3.63, 3.8) is 0 Å². The lowest BCUT2D eigenvalue weighted by Gasteiger charge is -1.99. The lowest BCUT2D eigenvalue weighted by molar-refractivity contribution is 0.420. The van der Waals surface area contributed by atoms with Crippen molar-refractivity contribution in [2.45, 2.75) is 19.8 Å². The van der Waals surface area contributed by atoms with E-state index in [-0.39, 0.29) is 0 Å². The molecule has 0 unspecified atom stereocenters. The molecule has 0 atom stereocenters. The number of ether oxygens (including phenoxy) is 1. The first-order valence-corrected chi connectivity index (χ1v) is 4.88. The molecule has 0 aliphatic carbocycles. The van der Waals surface area contributed by atoms with Gasteiger partial charge in [-0.3, -0.25) is 0 Å². The van der Waals surface area contributed by atoms with Crippen molar-refractivity contribution >= 4 is 10.9 Å². The number of methoxy groups -OCH3 is 1. The zero-order valence-corrected chi connectivity index (χ0v) is 8.79. The van der Waals surface area contributed by atoms with E-state index in [0.29, 0.717) is 5.92 Å². The summed E-state index contributed by atoms with van der Waals surface area (Å²) in [4.78, 5) is 3.39. The second kappa shape index (κ2) is 3.37. The Morgan fingerprint density at radius 1 is 1.29 bits per heavy atom. The highest BCUT2D eigenvalue weighted by Crippen LogP contribution is 2.28. The van der Waals surface area contributed by atoms with Crippen LogP contribution >= 0.6 is 0 Å². The normalized spacial score (nSPS) is 11.1. The fourth-order valence-electron chi connectivity index (χ4n) is 1.64. The van der Waals surface area contributed by atoms with Crippen molar-refractivity contribution < 1.29 is 4.74 Å². The Morgan fingerprint density at radius 3 is 2.71 bits per heavy atom. The third-order valence-corrected chi connectivity index (χ3v) is 2.49. The number of aromatic nitrogens is 1. The van der Waals surface area contributed by atoms with Gasteiger partial charge in [0.05, 0.1) is 7.11 Å². The summed E-state index contributed by atoms with van der Waals surface area (Å²) in [6, 6.07) is 8.23. The first-order valence-electron chi connectivity index (χ1n) is 4.88. The number of fused-ring (bicyclic) bond motifs is 1. The highest BCUT2D eigenvalue weighted by Gasteiger charge is 2.07. The standard InChI is InChI=1S/C12H15NO/c1-8(2)11-7-9-10(13-11)5-4-6-12(9)14-3/h4-8,13H,1-3H3. The van der Waals surface area contributed by atoms with Crippen molar-refractivity contribution in [1.29, 1.82) is 0 Å². The Balaban J connectivity index is 2.64. The van der Waals surface area contributed by atoms with E-state index in [1.165, 1.54) is 11.1 Å². The quantitative estimate of drug-likeness (QED) is 0.770. The van der Waals surface area contributed by atoms with Gasteiger partial charge in [-0.05, 0) is 24.1 Å². The van der Waals surface area contributed by atoms with Crippen molar-refractivity contribution in [2.24, 2.45) is 0 Å². The van der Waals surface area contributed by atoms with Crippen LogP contribution in [0.3, 0.4) is 0 Å². The fourth-order valence-corrected chi connectivity index (χ4v) is 1.64. The van der Waals surface area contributed by atoms with Crippen LogP contribution in [0.25, 0.3) is 10.9 Å². The van der Waals surface area contributed by atoms with E-state index < -0.39 is 0 Å². The molecule has 0 fully saturated rings. The Morgan fingerprint density at radius 2 is 2.07 bits per heavy atom. The van der Waals surface area contributed by atoms with Crippen LogP contribution in [0.2, 0.25) is 0 Å². The minimum atomic E-state index is 0.520. The topological polar surface area (TPSA) is 25.0 Å². The maximum atomic E-state index is 5.30. The minimum absolute atomic E-state index is 0.520. The lowest BCUT2D eigenvalue weighted by atomic mass is 10.1. The molecule has 2 rings (SSSR count). The van der Waals surface area contributed by atoms with Crippen LogP contribution in [0.5, 0.6) is 5.75 Å². The van der Waals surface area contributed by atoms with Crippen molar-refractivity contribution in [3.8, 4) is 5.75 Å². The van der Waals surface area contributed by atoms with E-state index in [4.69, 9.17) is 4.74 Å². The van der Waals surface area contributed by atoms with Crippen LogP contribution in [0.4, 0.5) is 0 Å². The van der Waals surface area contributed by atoms with Crippen LogP contribution in [-0.2, 0) is 0 Å². The molecule has 0 aliphatic rings. The number of benzene rings is 1. The Kier molecular flexibility index (Phi) is 2.20. The smallest absolute Gasteiger partial charge is 0.128 e. The van der Waals surface area contributed by atoms with Gasteiger partial charge in [-0.2, -0.15) is 0 Å². The first-order chi connectivity index (χ1) is 6.72. The summed E-state index contributed by atoms with van der Waals surface area (Å²) < 4.78 is 5.30. The van der Waals surface area contributed by atoms with Gasteiger partial charge in [0.1, 0.15) is 5.75 Å². The van der Waals surface area contributed by atoms with Crippen LogP contribution in [-0.4, -0.2) is 12.1 Å². The zero-order valence-electron chi connectivity index (χ0n) is 8.79. The van der Waals surface area contributed by atoms with Gasteiger partial charge in [-0.25, -0.2) is 0 Å². The molecule has 2 heteroatoms. The number of hydrogen-bond donors (Lipinski definition) is 1. The first kappa shape index (κ1) is 9.13. The number of nitrogens with one attached hydrogen (secondary N) is 1. The van der Waals surface area contributed by atoms with Gasteiger partial charge in [0.2, 0.25) is 0 Å². The summed E-state index contributed by atoms with van der Waals surface area (Å²) in [5.74, 6) is 1.46. The van der Waals surface area contributed by atoms with Crippen LogP contribution < -0.4 is 4.74 Å². The van der Waals surface area contributed by atoms with Gasteiger partial charge < -0.3 is 9.72 Å². The maximum Gasteiger partial charge on any atom is 0.128 e. The monoisotopic (exact) mass is 189 g/mol. The maximum absolute atomic E-state index is 5.30. The average Bonchev–Trinajstić information content (AvgIpc) is 2.60. The molecule has 2 nitrogen and oxygen atoms in total. The van der Waals surface area contributed by atoms with E-state index in [1.807, 2.05) is 12.1 Å². The fraction of sp³-hybridized carbons (Fsp3) is 0.333. The molecule has 2 aromatic rings. The molecule has 0 bridgehead atoms. The third-order valence-electron chi connectivity index (χ3n) is 2.49. The van der Waals surface area contributed by atoms with Crippen molar-refractivity contribution in [2.75, 3.05) is 7.11 Å². The molecule has 1 N–H and O–H groups in total. The number of hydrogen-bond acceptors (Lipinski definition) is 1. The number of rotatable bonds is 2. The lowest BCUT2D eigenvalue weighted by Crippen LogP contribution is -1.84. The van der Waals surface area contributed by atoms with E-state index in [9.17, 15) is 0 Å². The molecule has 0 saturated heterocycles. The molecule has 0 amide bonds. The van der Waals surface area contributed by atoms with E-state index in [1.54, 1.807) is 7.11 Å². The molecular weight excluding hydrogens is 174 g/mol. The molecule has 0 saturated carbocycles. The molecule has 74 valence electrons. The van der Waals surface area contributed by atoms with E-state index >= 15 is 0 Å². The average molecular weight is 189 g/mol. The van der Waals surface area contributed by atoms with Gasteiger partial charge in [-0.1, -0.05) is 19.9 Å². The van der Waals surface area contributed by atoms with E-state index in [2.05, 4.69) is 31.0 Å². The summed E-state index contributed by atoms with van der Waals surface area (Å²) in [6.45, 7) is 4.36. The van der Waals surface area contributed by atoms with Crippen LogP contribution in [0, 0.1) is 0 Å². The van der Waals surface area contributed by atoms with Gasteiger partial charge in [0, 0.05) is 16.6 Å². The summed E-state index contributed by atoms with van der Waals surface area (Å²) in [7, 11) is 1.71. The Bertz CT molecular complexity index is 443. The summed E-state index contributed by atoms with van der Waals surface area (Å²) >= 11 is 0. The SMILES string of the molecule is COc1cccc2[nH]c(C(C)C)cc12. The molecule has 0 spiro atoms. The predicted octanol–water partition coefficient (Wildman–Crippen LogP) is 3.30.